The number of aromatic nitrogens is 2. The second kappa shape index (κ2) is 8.59. The number of thiophene rings is 1. The van der Waals surface area contributed by atoms with Gasteiger partial charge in [0.15, 0.2) is 0 Å². The van der Waals surface area contributed by atoms with Gasteiger partial charge in [-0.3, -0.25) is 9.36 Å². The molecule has 5 nitrogen and oxygen atoms in total. The lowest BCUT2D eigenvalue weighted by atomic mass is 10.1. The van der Waals surface area contributed by atoms with Crippen molar-refractivity contribution in [2.75, 3.05) is 20.8 Å². The topological polar surface area (TPSA) is 53.4 Å². The second-order valence-corrected chi connectivity index (χ2v) is 7.69. The molecule has 2 heterocycles. The van der Waals surface area contributed by atoms with Crippen molar-refractivity contribution in [3.63, 3.8) is 0 Å². The summed E-state index contributed by atoms with van der Waals surface area (Å²) in [6.45, 7) is 0.904. The maximum absolute atomic E-state index is 13.3. The Morgan fingerprint density at radius 1 is 1.03 bits per heavy atom. The Balaban J connectivity index is 1.84. The van der Waals surface area contributed by atoms with E-state index in [0.717, 1.165) is 26.6 Å². The van der Waals surface area contributed by atoms with Gasteiger partial charge in [-0.25, -0.2) is 4.98 Å². The van der Waals surface area contributed by atoms with Gasteiger partial charge in [-0.1, -0.05) is 48.5 Å². The van der Waals surface area contributed by atoms with Crippen molar-refractivity contribution in [2.45, 2.75) is 13.0 Å². The molecule has 0 aliphatic heterocycles. The molecule has 0 unspecified atom stereocenters. The van der Waals surface area contributed by atoms with Crippen LogP contribution in [-0.2, 0) is 17.7 Å². The molecule has 148 valence electrons. The Morgan fingerprint density at radius 2 is 1.79 bits per heavy atom. The van der Waals surface area contributed by atoms with E-state index < -0.39 is 0 Å². The zero-order chi connectivity index (χ0) is 20.2. The minimum atomic E-state index is -0.0321. The quantitative estimate of drug-likeness (QED) is 0.457. The third kappa shape index (κ3) is 3.95. The van der Waals surface area contributed by atoms with E-state index in [-0.39, 0.29) is 5.56 Å². The molecule has 29 heavy (non-hydrogen) atoms. The van der Waals surface area contributed by atoms with Crippen molar-refractivity contribution >= 4 is 21.6 Å². The van der Waals surface area contributed by atoms with Gasteiger partial charge < -0.3 is 9.47 Å². The summed E-state index contributed by atoms with van der Waals surface area (Å²) in [7, 11) is 3.29. The predicted molar refractivity (Wildman–Crippen MR) is 117 cm³/mol. The van der Waals surface area contributed by atoms with E-state index in [9.17, 15) is 4.79 Å². The highest BCUT2D eigenvalue weighted by Crippen LogP contribution is 2.31. The maximum Gasteiger partial charge on any atom is 0.262 e. The van der Waals surface area contributed by atoms with Crippen LogP contribution in [0.4, 0.5) is 0 Å². The summed E-state index contributed by atoms with van der Waals surface area (Å²) in [5.41, 5.74) is 2.05. The lowest BCUT2D eigenvalue weighted by Crippen LogP contribution is -2.27. The van der Waals surface area contributed by atoms with Crippen molar-refractivity contribution in [2.24, 2.45) is 0 Å². The van der Waals surface area contributed by atoms with Crippen LogP contribution in [0.3, 0.4) is 0 Å². The number of ether oxygens (including phenoxy) is 2. The fourth-order valence-electron chi connectivity index (χ4n) is 3.37. The molecule has 0 N–H and O–H groups in total. The highest BCUT2D eigenvalue weighted by atomic mass is 32.1. The van der Waals surface area contributed by atoms with E-state index in [1.54, 1.807) is 30.1 Å². The predicted octanol–water partition coefficient (Wildman–Crippen LogP) is 4.37. The number of hydrogen-bond acceptors (Lipinski definition) is 5. The normalized spacial score (nSPS) is 11.1. The fourth-order valence-corrected chi connectivity index (χ4v) is 4.42. The monoisotopic (exact) mass is 406 g/mol. The third-order valence-electron chi connectivity index (χ3n) is 4.85. The molecule has 4 rings (SSSR count). The first-order valence-electron chi connectivity index (χ1n) is 9.40. The molecule has 0 saturated carbocycles. The number of rotatable bonds is 7. The standard InChI is InChI=1S/C23H22N2O3S/c1-27-13-12-25-21(14-17-10-6-7-11-19(17)28-2)24-22-18(23(25)26)15-20(29-22)16-8-4-3-5-9-16/h3-11,15H,12-14H2,1-2H3. The highest BCUT2D eigenvalue weighted by molar-refractivity contribution is 7.21. The first-order chi connectivity index (χ1) is 14.2. The van der Waals surface area contributed by atoms with Crippen molar-refractivity contribution in [1.82, 2.24) is 9.55 Å². The molecule has 0 aliphatic carbocycles. The van der Waals surface area contributed by atoms with Gasteiger partial charge in [0.05, 0.1) is 25.6 Å². The van der Waals surface area contributed by atoms with Crippen LogP contribution in [0.25, 0.3) is 20.7 Å². The van der Waals surface area contributed by atoms with E-state index >= 15 is 0 Å². The average Bonchev–Trinajstić information content (AvgIpc) is 3.19. The van der Waals surface area contributed by atoms with Crippen LogP contribution in [0.1, 0.15) is 11.4 Å². The molecule has 0 atom stereocenters. The molecule has 4 aromatic rings. The number of fused-ring (bicyclic) bond motifs is 1. The summed E-state index contributed by atoms with van der Waals surface area (Å²) in [4.78, 5) is 20.0. The summed E-state index contributed by atoms with van der Waals surface area (Å²) in [6, 6.07) is 19.8. The Labute approximate surface area is 173 Å². The van der Waals surface area contributed by atoms with Crippen LogP contribution in [-0.4, -0.2) is 30.4 Å². The molecule has 2 aromatic carbocycles. The van der Waals surface area contributed by atoms with Crippen LogP contribution in [0, 0.1) is 0 Å². The van der Waals surface area contributed by atoms with Gasteiger partial charge in [-0.2, -0.15) is 0 Å². The largest absolute Gasteiger partial charge is 0.496 e. The summed E-state index contributed by atoms with van der Waals surface area (Å²) in [5.74, 6) is 1.50. The number of para-hydroxylation sites is 1. The molecule has 0 fully saturated rings. The van der Waals surface area contributed by atoms with Crippen LogP contribution in [0.2, 0.25) is 0 Å². The smallest absolute Gasteiger partial charge is 0.262 e. The van der Waals surface area contributed by atoms with Crippen LogP contribution >= 0.6 is 11.3 Å². The number of methoxy groups -OCH3 is 2. The van der Waals surface area contributed by atoms with E-state index in [1.807, 2.05) is 60.7 Å². The Morgan fingerprint density at radius 3 is 2.55 bits per heavy atom. The van der Waals surface area contributed by atoms with Gasteiger partial charge in [0.1, 0.15) is 16.4 Å². The molecule has 6 heteroatoms. The van der Waals surface area contributed by atoms with Crippen LogP contribution in [0.5, 0.6) is 5.75 Å². The van der Waals surface area contributed by atoms with Crippen LogP contribution < -0.4 is 10.3 Å². The lowest BCUT2D eigenvalue weighted by molar-refractivity contribution is 0.185. The molecule has 0 amide bonds. The first kappa shape index (κ1) is 19.4. The van der Waals surface area contributed by atoms with Crippen molar-refractivity contribution in [1.29, 1.82) is 0 Å². The first-order valence-corrected chi connectivity index (χ1v) is 10.2. The Kier molecular flexibility index (Phi) is 5.74. The highest BCUT2D eigenvalue weighted by Gasteiger charge is 2.16. The molecular weight excluding hydrogens is 384 g/mol. The van der Waals surface area contributed by atoms with Gasteiger partial charge >= 0.3 is 0 Å². The van der Waals surface area contributed by atoms with E-state index in [1.165, 1.54) is 0 Å². The zero-order valence-electron chi connectivity index (χ0n) is 16.4. The molecule has 2 aromatic heterocycles. The minimum Gasteiger partial charge on any atom is -0.496 e. The molecular formula is C23H22N2O3S. The molecule has 0 radical (unpaired) electrons. The summed E-state index contributed by atoms with van der Waals surface area (Å²) < 4.78 is 12.4. The third-order valence-corrected chi connectivity index (χ3v) is 5.93. The second-order valence-electron chi connectivity index (χ2n) is 6.66. The van der Waals surface area contributed by atoms with Crippen molar-refractivity contribution in [3.8, 4) is 16.2 Å². The van der Waals surface area contributed by atoms with Crippen molar-refractivity contribution < 1.29 is 9.47 Å². The Hall–Kier alpha value is -2.96. The van der Waals surface area contributed by atoms with E-state index in [0.29, 0.717) is 30.8 Å². The summed E-state index contributed by atoms with van der Waals surface area (Å²) >= 11 is 1.54. The molecule has 0 bridgehead atoms. The van der Waals surface area contributed by atoms with Gasteiger partial charge in [-0.05, 0) is 17.7 Å². The average molecular weight is 407 g/mol. The molecule has 0 aliphatic rings. The van der Waals surface area contributed by atoms with Crippen molar-refractivity contribution in [3.05, 3.63) is 82.4 Å². The minimum absolute atomic E-state index is 0.0321. The van der Waals surface area contributed by atoms with E-state index in [4.69, 9.17) is 14.5 Å². The van der Waals surface area contributed by atoms with Gasteiger partial charge in [0.2, 0.25) is 0 Å². The van der Waals surface area contributed by atoms with Crippen LogP contribution in [0.15, 0.2) is 65.5 Å². The zero-order valence-corrected chi connectivity index (χ0v) is 17.2. The Bertz CT molecular complexity index is 1180. The van der Waals surface area contributed by atoms with E-state index in [2.05, 4.69) is 0 Å². The summed E-state index contributed by atoms with van der Waals surface area (Å²) in [5, 5.41) is 0.647. The van der Waals surface area contributed by atoms with Gasteiger partial charge in [0.25, 0.3) is 5.56 Å². The maximum atomic E-state index is 13.3. The summed E-state index contributed by atoms with van der Waals surface area (Å²) in [6.07, 6.45) is 0.511. The number of benzene rings is 2. The SMILES string of the molecule is COCCn1c(Cc2ccccc2OC)nc2sc(-c3ccccc3)cc2c1=O. The number of nitrogens with zero attached hydrogens (tertiary/aromatic N) is 2. The number of hydrogen-bond donors (Lipinski definition) is 0. The van der Waals surface area contributed by atoms with Gasteiger partial charge in [0, 0.05) is 24.0 Å². The molecule has 0 spiro atoms. The lowest BCUT2D eigenvalue weighted by Gasteiger charge is -2.13. The fraction of sp³-hybridized carbons (Fsp3) is 0.217. The molecule has 0 saturated heterocycles. The van der Waals surface area contributed by atoms with Gasteiger partial charge in [-0.15, -0.1) is 11.3 Å².